The first-order chi connectivity index (χ1) is 26.1. The first kappa shape index (κ1) is 31.9. The van der Waals surface area contributed by atoms with E-state index in [2.05, 4.69) is 71.6 Å². The van der Waals surface area contributed by atoms with E-state index in [4.69, 9.17) is 0 Å². The maximum atomic E-state index is 4.67. The Kier molecular flexibility index (Phi) is 8.39. The molecule has 0 amide bonds. The summed E-state index contributed by atoms with van der Waals surface area (Å²) in [4.78, 5) is 27.2. The van der Waals surface area contributed by atoms with E-state index in [-0.39, 0.29) is 0 Å². The zero-order valence-corrected chi connectivity index (χ0v) is 29.5. The molecule has 0 unspecified atom stereocenters. The predicted octanol–water partition coefficient (Wildman–Crippen LogP) is 9.21. The summed E-state index contributed by atoms with van der Waals surface area (Å²) >= 11 is 3.21. The summed E-state index contributed by atoms with van der Waals surface area (Å²) in [5.74, 6) is 3.94. The van der Waals surface area contributed by atoms with Crippen LogP contribution in [0.1, 0.15) is 5.69 Å². The van der Waals surface area contributed by atoms with Crippen LogP contribution in [0.2, 0.25) is 0 Å². The third-order valence-electron chi connectivity index (χ3n) is 8.05. The Morgan fingerprint density at radius 3 is 1.70 bits per heavy atom. The summed E-state index contributed by atoms with van der Waals surface area (Å²) in [6.07, 6.45) is 5.33. The molecule has 0 spiro atoms. The van der Waals surface area contributed by atoms with Crippen LogP contribution in [-0.4, -0.2) is 50.3 Å². The number of thiophene rings is 2. The molecular weight excluding hydrogens is 705 g/mol. The number of pyridine rings is 2. The van der Waals surface area contributed by atoms with Gasteiger partial charge in [0.25, 0.3) is 0 Å². The van der Waals surface area contributed by atoms with Gasteiger partial charge in [-0.3, -0.25) is 10.2 Å². The van der Waals surface area contributed by atoms with Gasteiger partial charge in [-0.15, -0.1) is 22.7 Å². The van der Waals surface area contributed by atoms with Crippen LogP contribution < -0.4 is 21.3 Å². The number of rotatable bonds is 8. The number of hydrogen-bond donors (Lipinski definition) is 6. The van der Waals surface area contributed by atoms with Crippen LogP contribution in [0.5, 0.6) is 0 Å². The fourth-order valence-electron chi connectivity index (χ4n) is 5.60. The maximum Gasteiger partial charge on any atom is 0.231 e. The van der Waals surface area contributed by atoms with Gasteiger partial charge < -0.3 is 21.3 Å². The lowest BCUT2D eigenvalue weighted by Crippen LogP contribution is -2.02. The second-order valence-corrected chi connectivity index (χ2v) is 13.6. The largest absolute Gasteiger partial charge is 0.339 e. The highest BCUT2D eigenvalue weighted by atomic mass is 32.1. The molecule has 0 aliphatic rings. The summed E-state index contributed by atoms with van der Waals surface area (Å²) in [5.41, 5.74) is 6.58. The molecule has 16 heteroatoms. The summed E-state index contributed by atoms with van der Waals surface area (Å²) in [5, 5.41) is 33.3. The van der Waals surface area contributed by atoms with Crippen LogP contribution in [0, 0.1) is 6.92 Å². The van der Waals surface area contributed by atoms with Crippen molar-refractivity contribution in [2.75, 3.05) is 21.3 Å². The molecule has 258 valence electrons. The highest BCUT2D eigenvalue weighted by Crippen LogP contribution is 2.32. The number of aryl methyl sites for hydroxylation is 1. The highest BCUT2D eigenvalue weighted by molar-refractivity contribution is 7.18. The van der Waals surface area contributed by atoms with E-state index in [1.54, 1.807) is 41.3 Å². The van der Waals surface area contributed by atoms with Crippen LogP contribution in [0.25, 0.3) is 42.2 Å². The standard InChI is InChI=1S/C19H15N7S.C18H13N7S/c1-11-3-2-4-16(21-11)24-19-23-15-7-8-27-17(15)18(25-19)22-13-5-6-14-12(9-13)10-20-26-14;1-2-7-19-15(3-1)23-18-22-14-6-8-26-16(14)17(24-18)21-12-4-5-13-11(9-12)10-20-25-13/h2-10H,1H3,(H,20,26)(H2,21,22,23,24,25);1-10H,(H,20,25)(H2,19,21,22,23,24). The number of H-pyrrole nitrogens is 2. The first-order valence-corrected chi connectivity index (χ1v) is 18.2. The highest BCUT2D eigenvalue weighted by Gasteiger charge is 2.13. The lowest BCUT2D eigenvalue weighted by Gasteiger charge is -2.10. The Bertz CT molecular complexity index is 2840. The second kappa shape index (κ2) is 13.9. The van der Waals surface area contributed by atoms with Crippen molar-refractivity contribution in [1.29, 1.82) is 0 Å². The first-order valence-electron chi connectivity index (χ1n) is 16.4. The van der Waals surface area contributed by atoms with E-state index >= 15 is 0 Å². The topological polar surface area (TPSA) is 183 Å². The van der Waals surface area contributed by atoms with Gasteiger partial charge in [0, 0.05) is 34.0 Å². The second-order valence-electron chi connectivity index (χ2n) is 11.8. The Balaban J connectivity index is 0.000000141. The molecule has 8 aromatic heterocycles. The van der Waals surface area contributed by atoms with E-state index < -0.39 is 0 Å². The molecule has 10 rings (SSSR count). The van der Waals surface area contributed by atoms with Crippen molar-refractivity contribution >= 4 is 111 Å². The average molecular weight is 733 g/mol. The molecule has 14 nitrogen and oxygen atoms in total. The van der Waals surface area contributed by atoms with Gasteiger partial charge in [0.1, 0.15) is 11.6 Å². The van der Waals surface area contributed by atoms with Gasteiger partial charge >= 0.3 is 0 Å². The molecule has 6 N–H and O–H groups in total. The Morgan fingerprint density at radius 1 is 0.547 bits per heavy atom. The molecule has 0 saturated carbocycles. The number of benzene rings is 2. The lowest BCUT2D eigenvalue weighted by molar-refractivity contribution is 1.12. The van der Waals surface area contributed by atoms with Crippen LogP contribution in [-0.2, 0) is 0 Å². The third kappa shape index (κ3) is 6.99. The van der Waals surface area contributed by atoms with Gasteiger partial charge in [0.05, 0.1) is 43.9 Å². The molecule has 2 aromatic carbocycles. The minimum absolute atomic E-state index is 0.501. The molecule has 8 heterocycles. The van der Waals surface area contributed by atoms with Gasteiger partial charge in [-0.1, -0.05) is 12.1 Å². The zero-order chi connectivity index (χ0) is 35.6. The van der Waals surface area contributed by atoms with Crippen LogP contribution in [0.3, 0.4) is 0 Å². The summed E-state index contributed by atoms with van der Waals surface area (Å²) in [6.45, 7) is 1.95. The van der Waals surface area contributed by atoms with E-state index in [9.17, 15) is 0 Å². The molecule has 0 bridgehead atoms. The normalized spacial score (nSPS) is 11.1. The van der Waals surface area contributed by atoms with Crippen molar-refractivity contribution in [3.63, 3.8) is 0 Å². The van der Waals surface area contributed by atoms with E-state index in [0.717, 1.165) is 76.8 Å². The van der Waals surface area contributed by atoms with E-state index in [1.165, 1.54) is 0 Å². The van der Waals surface area contributed by atoms with Gasteiger partial charge in [-0.05, 0) is 90.5 Å². The number of nitrogens with one attached hydrogen (secondary N) is 6. The zero-order valence-electron chi connectivity index (χ0n) is 27.9. The SMILES string of the molecule is Cc1cccc(Nc2nc(Nc3ccc4[nH]ncc4c3)c3sccc3n2)n1.c1ccc(Nc2nc(Nc3ccc4[nH]ncc4c3)c3sccc3n2)nc1. The Hall–Kier alpha value is -7.04. The summed E-state index contributed by atoms with van der Waals surface area (Å²) in [7, 11) is 0. The molecule has 53 heavy (non-hydrogen) atoms. The number of hydrogen-bond acceptors (Lipinski definition) is 14. The van der Waals surface area contributed by atoms with Crippen molar-refractivity contribution in [1.82, 2.24) is 50.3 Å². The van der Waals surface area contributed by atoms with Crippen molar-refractivity contribution in [3.8, 4) is 0 Å². The summed E-state index contributed by atoms with van der Waals surface area (Å²) < 4.78 is 2.01. The molecule has 10 aromatic rings. The monoisotopic (exact) mass is 732 g/mol. The van der Waals surface area contributed by atoms with E-state index in [0.29, 0.717) is 17.7 Å². The smallest absolute Gasteiger partial charge is 0.231 e. The third-order valence-corrected chi connectivity index (χ3v) is 9.87. The van der Waals surface area contributed by atoms with Gasteiger partial charge in [-0.2, -0.15) is 20.2 Å². The van der Waals surface area contributed by atoms with Crippen LogP contribution >= 0.6 is 22.7 Å². The molecule has 0 aliphatic carbocycles. The number of nitrogens with zero attached hydrogens (tertiary/aromatic N) is 8. The van der Waals surface area contributed by atoms with Gasteiger partial charge in [0.15, 0.2) is 11.6 Å². The van der Waals surface area contributed by atoms with Crippen molar-refractivity contribution in [2.24, 2.45) is 0 Å². The fraction of sp³-hybridized carbons (Fsp3) is 0.0270. The Morgan fingerprint density at radius 2 is 1.13 bits per heavy atom. The van der Waals surface area contributed by atoms with Crippen molar-refractivity contribution in [2.45, 2.75) is 6.92 Å². The molecule has 0 saturated heterocycles. The molecule has 0 radical (unpaired) electrons. The maximum absolute atomic E-state index is 4.67. The fourth-order valence-corrected chi connectivity index (χ4v) is 7.15. The molecule has 0 fully saturated rings. The van der Waals surface area contributed by atoms with Gasteiger partial charge in [0.2, 0.25) is 11.9 Å². The number of anilines is 8. The van der Waals surface area contributed by atoms with Crippen LogP contribution in [0.15, 0.2) is 114 Å². The Labute approximate surface area is 308 Å². The van der Waals surface area contributed by atoms with Gasteiger partial charge in [-0.25, -0.2) is 19.9 Å². The minimum atomic E-state index is 0.501. The number of fused-ring (bicyclic) bond motifs is 4. The average Bonchev–Trinajstić information content (AvgIpc) is 4.00. The number of aromatic amines is 2. The lowest BCUT2D eigenvalue weighted by atomic mass is 10.2. The molecule has 0 aliphatic heterocycles. The molecule has 0 atom stereocenters. The minimum Gasteiger partial charge on any atom is -0.339 e. The number of aromatic nitrogens is 10. The van der Waals surface area contributed by atoms with Crippen molar-refractivity contribution in [3.05, 3.63) is 120 Å². The predicted molar refractivity (Wildman–Crippen MR) is 213 cm³/mol. The summed E-state index contributed by atoms with van der Waals surface area (Å²) in [6, 6.07) is 27.5. The van der Waals surface area contributed by atoms with E-state index in [1.807, 2.05) is 103 Å². The quantitative estimate of drug-likeness (QED) is 0.0872. The van der Waals surface area contributed by atoms with Crippen molar-refractivity contribution < 1.29 is 0 Å². The molecular formula is C37H28N14S2. The van der Waals surface area contributed by atoms with Crippen LogP contribution in [0.4, 0.5) is 46.5 Å².